The van der Waals surface area contributed by atoms with Crippen molar-refractivity contribution in [3.05, 3.63) is 36.4 Å². The van der Waals surface area contributed by atoms with Crippen molar-refractivity contribution in [3.8, 4) is 11.5 Å². The van der Waals surface area contributed by atoms with Gasteiger partial charge in [-0.3, -0.25) is 19.3 Å². The molecule has 0 N–H and O–H groups in total. The van der Waals surface area contributed by atoms with Gasteiger partial charge in [-0.15, -0.1) is 30.1 Å². The van der Waals surface area contributed by atoms with Crippen LogP contribution in [0, 0.1) is 5.41 Å². The minimum absolute atomic E-state index is 0.0403. The SMILES string of the molecule is C=CCC(=O)N(CCc1ccc(OC)c(OC)c1)C(=O)CC(OC(=O)C(C)(C)C)C(SC)SC. The van der Waals surface area contributed by atoms with E-state index < -0.39 is 11.5 Å². The topological polar surface area (TPSA) is 82.1 Å². The third kappa shape index (κ3) is 8.91. The first-order chi connectivity index (χ1) is 16.0. The quantitative estimate of drug-likeness (QED) is 0.216. The summed E-state index contributed by atoms with van der Waals surface area (Å²) in [5, 5.41) is 0. The Morgan fingerprint density at radius 3 is 2.18 bits per heavy atom. The van der Waals surface area contributed by atoms with Crippen molar-refractivity contribution in [3.63, 3.8) is 0 Å². The van der Waals surface area contributed by atoms with Crippen LogP contribution in [0.15, 0.2) is 30.9 Å². The van der Waals surface area contributed by atoms with E-state index in [2.05, 4.69) is 6.58 Å². The van der Waals surface area contributed by atoms with Gasteiger partial charge < -0.3 is 14.2 Å². The summed E-state index contributed by atoms with van der Waals surface area (Å²) >= 11 is 3.02. The Kier molecular flexibility index (Phi) is 12.6. The molecule has 1 atom stereocenters. The van der Waals surface area contributed by atoms with Crippen LogP contribution in [0.4, 0.5) is 0 Å². The van der Waals surface area contributed by atoms with Crippen LogP contribution >= 0.6 is 23.5 Å². The molecule has 0 aromatic heterocycles. The van der Waals surface area contributed by atoms with Gasteiger partial charge in [-0.25, -0.2) is 0 Å². The van der Waals surface area contributed by atoms with Crippen LogP contribution in [0.3, 0.4) is 0 Å². The van der Waals surface area contributed by atoms with Gasteiger partial charge >= 0.3 is 5.97 Å². The van der Waals surface area contributed by atoms with Crippen molar-refractivity contribution in [2.45, 2.75) is 50.7 Å². The summed E-state index contributed by atoms with van der Waals surface area (Å²) in [7, 11) is 3.11. The number of imide groups is 1. The van der Waals surface area contributed by atoms with Gasteiger partial charge in [0.2, 0.25) is 11.8 Å². The fourth-order valence-electron chi connectivity index (χ4n) is 3.09. The molecule has 1 unspecified atom stereocenters. The normalized spacial score (nSPS) is 12.1. The van der Waals surface area contributed by atoms with Crippen LogP contribution < -0.4 is 9.47 Å². The molecule has 0 aliphatic rings. The number of benzene rings is 1. The second-order valence-electron chi connectivity index (χ2n) is 8.61. The number of methoxy groups -OCH3 is 2. The number of carbonyl (C=O) groups excluding carboxylic acids is 3. The minimum Gasteiger partial charge on any atom is -0.493 e. The Morgan fingerprint density at radius 2 is 1.68 bits per heavy atom. The van der Waals surface area contributed by atoms with E-state index in [1.54, 1.807) is 41.1 Å². The molecule has 2 amide bonds. The summed E-state index contributed by atoms with van der Waals surface area (Å²) in [6.07, 6.45) is 5.02. The van der Waals surface area contributed by atoms with Crippen LogP contribution in [0.2, 0.25) is 0 Å². The maximum Gasteiger partial charge on any atom is 0.311 e. The Balaban J connectivity index is 3.09. The summed E-state index contributed by atoms with van der Waals surface area (Å²) in [5.74, 6) is 0.0730. The molecule has 0 fully saturated rings. The van der Waals surface area contributed by atoms with E-state index in [1.165, 1.54) is 34.5 Å². The van der Waals surface area contributed by atoms with Crippen LogP contribution in [0.5, 0.6) is 11.5 Å². The molecule has 9 heteroatoms. The summed E-state index contributed by atoms with van der Waals surface area (Å²) in [5.41, 5.74) is 0.192. The van der Waals surface area contributed by atoms with Crippen molar-refractivity contribution in [2.75, 3.05) is 33.3 Å². The molecule has 0 aliphatic carbocycles. The zero-order valence-corrected chi connectivity index (χ0v) is 22.8. The number of nitrogens with zero attached hydrogens (tertiary/aromatic N) is 1. The van der Waals surface area contributed by atoms with Crippen LogP contribution in [-0.2, 0) is 25.5 Å². The predicted molar refractivity (Wildman–Crippen MR) is 140 cm³/mol. The van der Waals surface area contributed by atoms with Gasteiger partial charge in [0, 0.05) is 13.0 Å². The minimum atomic E-state index is -0.700. The highest BCUT2D eigenvalue weighted by Gasteiger charge is 2.34. The van der Waals surface area contributed by atoms with E-state index in [-0.39, 0.29) is 41.8 Å². The Bertz CT molecular complexity index is 848. The molecule has 0 heterocycles. The smallest absolute Gasteiger partial charge is 0.311 e. The second kappa shape index (κ2) is 14.3. The molecule has 0 bridgehead atoms. The molecule has 190 valence electrons. The number of thioether (sulfide) groups is 2. The van der Waals surface area contributed by atoms with E-state index >= 15 is 0 Å². The summed E-state index contributed by atoms with van der Waals surface area (Å²) in [4.78, 5) is 39.9. The molecule has 7 nitrogen and oxygen atoms in total. The van der Waals surface area contributed by atoms with Crippen molar-refractivity contribution >= 4 is 41.3 Å². The Hall–Kier alpha value is -2.13. The molecular formula is C25H37NO6S2. The number of carbonyl (C=O) groups is 3. The molecule has 34 heavy (non-hydrogen) atoms. The highest BCUT2D eigenvalue weighted by atomic mass is 32.2. The van der Waals surface area contributed by atoms with Gasteiger partial charge in [0.25, 0.3) is 0 Å². The molecule has 1 aromatic rings. The van der Waals surface area contributed by atoms with E-state index in [9.17, 15) is 14.4 Å². The molecule has 0 spiro atoms. The molecule has 1 aromatic carbocycles. The fraction of sp³-hybridized carbons (Fsp3) is 0.560. The maximum absolute atomic E-state index is 13.3. The van der Waals surface area contributed by atoms with Crippen LogP contribution in [-0.4, -0.2) is 66.6 Å². The zero-order chi connectivity index (χ0) is 25.9. The number of amides is 2. The molecule has 0 saturated heterocycles. The highest BCUT2D eigenvalue weighted by molar-refractivity contribution is 8.16. The molecule has 0 radical (unpaired) electrons. The van der Waals surface area contributed by atoms with Gasteiger partial charge in [-0.2, -0.15) is 0 Å². The lowest BCUT2D eigenvalue weighted by molar-refractivity contribution is -0.159. The van der Waals surface area contributed by atoms with Gasteiger partial charge in [0.15, 0.2) is 11.5 Å². The van der Waals surface area contributed by atoms with E-state index in [1.807, 2.05) is 24.6 Å². The molecule has 0 aliphatic heterocycles. The van der Waals surface area contributed by atoms with Crippen molar-refractivity contribution in [1.29, 1.82) is 0 Å². The van der Waals surface area contributed by atoms with E-state index in [0.717, 1.165) is 5.56 Å². The van der Waals surface area contributed by atoms with Crippen LogP contribution in [0.25, 0.3) is 0 Å². The lowest BCUT2D eigenvalue weighted by atomic mass is 9.97. The van der Waals surface area contributed by atoms with E-state index in [4.69, 9.17) is 14.2 Å². The fourth-order valence-corrected chi connectivity index (χ4v) is 4.77. The largest absolute Gasteiger partial charge is 0.493 e. The van der Waals surface area contributed by atoms with Crippen molar-refractivity contribution in [1.82, 2.24) is 4.90 Å². The molecule has 1 rings (SSSR count). The Labute approximate surface area is 212 Å². The lowest BCUT2D eigenvalue weighted by Crippen LogP contribution is -2.42. The Morgan fingerprint density at radius 1 is 1.06 bits per heavy atom. The van der Waals surface area contributed by atoms with Gasteiger partial charge in [-0.1, -0.05) is 12.1 Å². The first kappa shape index (κ1) is 29.9. The van der Waals surface area contributed by atoms with Crippen LogP contribution in [0.1, 0.15) is 39.2 Å². The number of hydrogen-bond donors (Lipinski definition) is 0. The number of rotatable bonds is 13. The number of esters is 1. The average molecular weight is 512 g/mol. The first-order valence-corrected chi connectivity index (χ1v) is 13.5. The van der Waals surface area contributed by atoms with Gasteiger partial charge in [-0.05, 0) is 57.4 Å². The van der Waals surface area contributed by atoms with Gasteiger partial charge in [0.1, 0.15) is 6.10 Å². The zero-order valence-electron chi connectivity index (χ0n) is 21.2. The summed E-state index contributed by atoms with van der Waals surface area (Å²) in [6.45, 7) is 9.11. The maximum atomic E-state index is 13.3. The third-order valence-electron chi connectivity index (χ3n) is 5.01. The molecule has 0 saturated carbocycles. The third-order valence-corrected chi connectivity index (χ3v) is 7.70. The number of ether oxygens (including phenoxy) is 3. The summed E-state index contributed by atoms with van der Waals surface area (Å²) in [6, 6.07) is 5.48. The summed E-state index contributed by atoms with van der Waals surface area (Å²) < 4.78 is 16.2. The standard InChI is InChI=1S/C25H37NO6S2/c1-9-10-21(27)26(14-13-17-11-12-18(30-5)19(15-17)31-6)22(28)16-20(23(33-7)34-8)32-24(29)25(2,3)4/h9,11-12,15,20,23H,1,10,13-14,16H2,2-8H3. The van der Waals surface area contributed by atoms with E-state index in [0.29, 0.717) is 17.9 Å². The van der Waals surface area contributed by atoms with Crippen molar-refractivity contribution in [2.24, 2.45) is 5.41 Å². The lowest BCUT2D eigenvalue weighted by Gasteiger charge is -2.29. The first-order valence-electron chi connectivity index (χ1n) is 10.9. The predicted octanol–water partition coefficient (Wildman–Crippen LogP) is 4.58. The average Bonchev–Trinajstić information content (AvgIpc) is 2.79. The second-order valence-corrected chi connectivity index (χ2v) is 10.9. The number of hydrogen-bond acceptors (Lipinski definition) is 8. The monoisotopic (exact) mass is 511 g/mol. The highest BCUT2D eigenvalue weighted by Crippen LogP contribution is 2.30. The molecular weight excluding hydrogens is 474 g/mol. The van der Waals surface area contributed by atoms with Crippen molar-refractivity contribution < 1.29 is 28.6 Å². The van der Waals surface area contributed by atoms with Gasteiger partial charge in [0.05, 0.1) is 30.6 Å².